The van der Waals surface area contributed by atoms with Gasteiger partial charge in [-0.05, 0) is 49.4 Å². The van der Waals surface area contributed by atoms with Gasteiger partial charge >= 0.3 is 0 Å². The summed E-state index contributed by atoms with van der Waals surface area (Å²) in [6.07, 6.45) is 4.43. The molecule has 23 heavy (non-hydrogen) atoms. The van der Waals surface area contributed by atoms with Crippen LogP contribution in [0, 0.1) is 0 Å². The lowest BCUT2D eigenvalue weighted by Gasteiger charge is -2.11. The summed E-state index contributed by atoms with van der Waals surface area (Å²) >= 11 is 0. The van der Waals surface area contributed by atoms with Crippen LogP contribution in [0.5, 0.6) is 0 Å². The van der Waals surface area contributed by atoms with E-state index in [-0.39, 0.29) is 24.4 Å². The Kier molecular flexibility index (Phi) is 4.36. The zero-order valence-electron chi connectivity index (χ0n) is 12.8. The molecule has 0 aliphatic heterocycles. The Morgan fingerprint density at radius 1 is 1.30 bits per heavy atom. The lowest BCUT2D eigenvalue weighted by atomic mass is 10.1. The van der Waals surface area contributed by atoms with Crippen LogP contribution in [0.1, 0.15) is 46.7 Å². The number of carbonyl (C=O) groups excluding carboxylic acids is 2. The summed E-state index contributed by atoms with van der Waals surface area (Å²) < 4.78 is 4.63. The van der Waals surface area contributed by atoms with Crippen LogP contribution in [0.25, 0.3) is 0 Å². The van der Waals surface area contributed by atoms with Gasteiger partial charge in [-0.2, -0.15) is 4.98 Å². The second-order valence-corrected chi connectivity index (χ2v) is 5.60. The zero-order valence-corrected chi connectivity index (χ0v) is 12.8. The molecule has 1 aromatic carbocycles. The molecular weight excluding hydrogens is 296 g/mol. The van der Waals surface area contributed by atoms with E-state index in [1.165, 1.54) is 17.5 Å². The van der Waals surface area contributed by atoms with Crippen LogP contribution in [0.2, 0.25) is 0 Å². The highest BCUT2D eigenvalue weighted by molar-refractivity contribution is 5.96. The summed E-state index contributed by atoms with van der Waals surface area (Å²) in [7, 11) is 0. The minimum atomic E-state index is -0.377. The number of nitrogens with one attached hydrogen (secondary N) is 2. The van der Waals surface area contributed by atoms with E-state index in [1.807, 2.05) is 12.1 Å². The molecule has 1 aliphatic carbocycles. The molecule has 1 heterocycles. The average molecular weight is 314 g/mol. The van der Waals surface area contributed by atoms with Crippen LogP contribution < -0.4 is 10.6 Å². The van der Waals surface area contributed by atoms with Crippen molar-refractivity contribution in [3.8, 4) is 0 Å². The monoisotopic (exact) mass is 314 g/mol. The smallest absolute Gasteiger partial charge is 0.251 e. The fraction of sp³-hybridized carbons (Fsp3) is 0.375. The van der Waals surface area contributed by atoms with E-state index in [9.17, 15) is 9.59 Å². The minimum Gasteiger partial charge on any atom is -0.345 e. The van der Waals surface area contributed by atoms with Gasteiger partial charge in [0.15, 0.2) is 5.82 Å². The zero-order chi connectivity index (χ0) is 16.2. The molecule has 0 spiro atoms. The first kappa shape index (κ1) is 15.2. The van der Waals surface area contributed by atoms with Crippen LogP contribution in [0.3, 0.4) is 0 Å². The summed E-state index contributed by atoms with van der Waals surface area (Å²) in [6.45, 7) is 1.64. The minimum absolute atomic E-state index is 0.0991. The lowest BCUT2D eigenvalue weighted by molar-refractivity contribution is -0.120. The maximum atomic E-state index is 12.1. The topological polar surface area (TPSA) is 97.1 Å². The Hall–Kier alpha value is -2.70. The third-order valence-corrected chi connectivity index (χ3v) is 3.91. The first-order chi connectivity index (χ1) is 11.1. The summed E-state index contributed by atoms with van der Waals surface area (Å²) in [6, 6.07) is 5.34. The summed E-state index contributed by atoms with van der Waals surface area (Å²) in [5.74, 6) is -0.165. The molecule has 0 saturated carbocycles. The third-order valence-electron chi connectivity index (χ3n) is 3.91. The standard InChI is InChI=1S/C16H18N4O3/c1-10(15-18-9-23-20-15)19-14(21)8-17-16(22)13-6-5-11-3-2-4-12(11)7-13/h5-7,9-10H,2-4,8H2,1H3,(H,17,22)(H,19,21). The number of aryl methyl sites for hydroxylation is 2. The quantitative estimate of drug-likeness (QED) is 0.863. The molecule has 0 bridgehead atoms. The highest BCUT2D eigenvalue weighted by Crippen LogP contribution is 2.22. The van der Waals surface area contributed by atoms with E-state index in [2.05, 4.69) is 25.3 Å². The Balaban J connectivity index is 1.51. The lowest BCUT2D eigenvalue weighted by Crippen LogP contribution is -2.38. The Morgan fingerprint density at radius 3 is 2.91 bits per heavy atom. The van der Waals surface area contributed by atoms with Crippen molar-refractivity contribution in [2.45, 2.75) is 32.2 Å². The Bertz CT molecular complexity index is 712. The Morgan fingerprint density at radius 2 is 2.13 bits per heavy atom. The van der Waals surface area contributed by atoms with Crippen molar-refractivity contribution in [2.75, 3.05) is 6.54 Å². The molecule has 0 fully saturated rings. The molecule has 3 rings (SSSR count). The molecule has 2 N–H and O–H groups in total. The van der Waals surface area contributed by atoms with Crippen molar-refractivity contribution in [3.63, 3.8) is 0 Å². The van der Waals surface area contributed by atoms with Crippen molar-refractivity contribution < 1.29 is 14.1 Å². The molecule has 2 aromatic rings. The molecule has 1 atom stereocenters. The average Bonchev–Trinajstić information content (AvgIpc) is 3.22. The number of hydrogen-bond acceptors (Lipinski definition) is 5. The highest BCUT2D eigenvalue weighted by Gasteiger charge is 2.16. The van der Waals surface area contributed by atoms with E-state index in [0.717, 1.165) is 19.3 Å². The maximum Gasteiger partial charge on any atom is 0.251 e. The van der Waals surface area contributed by atoms with Crippen LogP contribution in [0.4, 0.5) is 0 Å². The van der Waals surface area contributed by atoms with Crippen molar-refractivity contribution in [1.82, 2.24) is 20.8 Å². The summed E-state index contributed by atoms with van der Waals surface area (Å²) in [5.41, 5.74) is 3.13. The van der Waals surface area contributed by atoms with Crippen molar-refractivity contribution >= 4 is 11.8 Å². The van der Waals surface area contributed by atoms with E-state index in [1.54, 1.807) is 13.0 Å². The predicted molar refractivity (Wildman–Crippen MR) is 81.7 cm³/mol. The van der Waals surface area contributed by atoms with Gasteiger partial charge in [-0.15, -0.1) is 0 Å². The van der Waals surface area contributed by atoms with E-state index in [4.69, 9.17) is 0 Å². The van der Waals surface area contributed by atoms with Gasteiger partial charge in [0, 0.05) is 5.56 Å². The third kappa shape index (κ3) is 3.56. The van der Waals surface area contributed by atoms with Crippen molar-refractivity contribution in [2.24, 2.45) is 0 Å². The maximum absolute atomic E-state index is 12.1. The van der Waals surface area contributed by atoms with E-state index >= 15 is 0 Å². The molecule has 1 aliphatic rings. The van der Waals surface area contributed by atoms with Crippen LogP contribution in [-0.4, -0.2) is 28.5 Å². The molecule has 1 aromatic heterocycles. The molecule has 2 amide bonds. The number of hydrogen-bond donors (Lipinski definition) is 2. The van der Waals surface area contributed by atoms with Crippen LogP contribution >= 0.6 is 0 Å². The number of fused-ring (bicyclic) bond motifs is 1. The fourth-order valence-electron chi connectivity index (χ4n) is 2.70. The summed E-state index contributed by atoms with van der Waals surface area (Å²) in [4.78, 5) is 27.9. The molecule has 0 saturated heterocycles. The normalized spacial score (nSPS) is 14.1. The van der Waals surface area contributed by atoms with Gasteiger partial charge in [-0.1, -0.05) is 11.2 Å². The van der Waals surface area contributed by atoms with Gasteiger partial charge in [-0.3, -0.25) is 9.59 Å². The van der Waals surface area contributed by atoms with Crippen LogP contribution in [0.15, 0.2) is 29.1 Å². The molecule has 7 heteroatoms. The predicted octanol–water partition coefficient (Wildman–Crippen LogP) is 1.17. The van der Waals surface area contributed by atoms with Gasteiger partial charge in [0.25, 0.3) is 5.91 Å². The van der Waals surface area contributed by atoms with Crippen molar-refractivity contribution in [3.05, 3.63) is 47.1 Å². The van der Waals surface area contributed by atoms with Gasteiger partial charge in [0.2, 0.25) is 12.3 Å². The number of aromatic nitrogens is 2. The second-order valence-electron chi connectivity index (χ2n) is 5.60. The second kappa shape index (κ2) is 6.60. The number of nitrogens with zero attached hydrogens (tertiary/aromatic N) is 2. The molecule has 7 nitrogen and oxygen atoms in total. The van der Waals surface area contributed by atoms with E-state index in [0.29, 0.717) is 11.4 Å². The number of amides is 2. The first-order valence-electron chi connectivity index (χ1n) is 7.59. The summed E-state index contributed by atoms with van der Waals surface area (Å²) in [5, 5.41) is 8.97. The molecule has 120 valence electrons. The first-order valence-corrected chi connectivity index (χ1v) is 7.59. The largest absolute Gasteiger partial charge is 0.345 e. The van der Waals surface area contributed by atoms with Gasteiger partial charge in [0.1, 0.15) is 0 Å². The van der Waals surface area contributed by atoms with Crippen molar-refractivity contribution in [1.29, 1.82) is 0 Å². The number of benzene rings is 1. The fourth-order valence-corrected chi connectivity index (χ4v) is 2.70. The Labute approximate surface area is 133 Å². The number of carbonyl (C=O) groups is 2. The highest BCUT2D eigenvalue weighted by atomic mass is 16.5. The van der Waals surface area contributed by atoms with Gasteiger partial charge in [-0.25, -0.2) is 0 Å². The molecule has 0 radical (unpaired) electrons. The van der Waals surface area contributed by atoms with Gasteiger partial charge in [0.05, 0.1) is 12.6 Å². The SMILES string of the molecule is CC(NC(=O)CNC(=O)c1ccc2c(c1)CCC2)c1ncon1. The number of rotatable bonds is 5. The molecule has 1 unspecified atom stereocenters. The van der Waals surface area contributed by atoms with Gasteiger partial charge < -0.3 is 15.2 Å². The molecular formula is C16H18N4O3. The van der Waals surface area contributed by atoms with Crippen LogP contribution in [-0.2, 0) is 17.6 Å². The van der Waals surface area contributed by atoms with E-state index < -0.39 is 0 Å².